The van der Waals surface area contributed by atoms with Gasteiger partial charge in [-0.3, -0.25) is 5.10 Å². The lowest BCUT2D eigenvalue weighted by Gasteiger charge is -2.10. The molecule has 1 aromatic heterocycles. The first kappa shape index (κ1) is 12.1. The molecule has 4 N–H and O–H groups in total. The molecule has 0 saturated carbocycles. The maximum absolute atomic E-state index is 13.1. The molecule has 1 atom stereocenters. The van der Waals surface area contributed by atoms with Crippen LogP contribution in [0.1, 0.15) is 17.2 Å². The molecule has 4 nitrogen and oxygen atoms in total. The second-order valence-electron chi connectivity index (χ2n) is 3.74. The number of hydrogen-bond acceptors (Lipinski definition) is 3. The summed E-state index contributed by atoms with van der Waals surface area (Å²) in [6, 6.07) is 4.49. The Morgan fingerprint density at radius 1 is 1.47 bits per heavy atom. The first-order valence-corrected chi connectivity index (χ1v) is 5.77. The number of halogens is 2. The van der Waals surface area contributed by atoms with Gasteiger partial charge in [0, 0.05) is 16.5 Å². The second-order valence-corrected chi connectivity index (χ2v) is 4.65. The molecule has 1 aromatic carbocycles. The van der Waals surface area contributed by atoms with Gasteiger partial charge in [-0.25, -0.2) is 4.39 Å². The van der Waals surface area contributed by atoms with Gasteiger partial charge in [0.2, 0.25) is 0 Å². The maximum Gasteiger partial charge on any atom is 0.124 e. The molecular weight excluding hydrogens is 289 g/mol. The van der Waals surface area contributed by atoms with Gasteiger partial charge in [-0.05, 0) is 23.8 Å². The first-order chi connectivity index (χ1) is 8.06. The number of anilines is 1. The van der Waals surface area contributed by atoms with Crippen LogP contribution in [0.3, 0.4) is 0 Å². The van der Waals surface area contributed by atoms with Gasteiger partial charge in [-0.15, -0.1) is 0 Å². The van der Waals surface area contributed by atoms with Crippen molar-refractivity contribution >= 4 is 21.7 Å². The predicted molar refractivity (Wildman–Crippen MR) is 65.8 cm³/mol. The first-order valence-electron chi connectivity index (χ1n) is 4.98. The Balaban J connectivity index is 2.18. The van der Waals surface area contributed by atoms with Crippen molar-refractivity contribution in [2.45, 2.75) is 12.5 Å². The number of benzene rings is 1. The molecule has 0 amide bonds. The summed E-state index contributed by atoms with van der Waals surface area (Å²) in [7, 11) is 0. The van der Waals surface area contributed by atoms with Gasteiger partial charge in [-0.1, -0.05) is 15.9 Å². The third kappa shape index (κ3) is 2.83. The number of aliphatic hydroxyl groups excluding tert-OH is 1. The van der Waals surface area contributed by atoms with Gasteiger partial charge in [0.25, 0.3) is 0 Å². The van der Waals surface area contributed by atoms with Gasteiger partial charge >= 0.3 is 0 Å². The topological polar surface area (TPSA) is 74.9 Å². The summed E-state index contributed by atoms with van der Waals surface area (Å²) in [5.41, 5.74) is 6.80. The average molecular weight is 300 g/mol. The average Bonchev–Trinajstić information content (AvgIpc) is 2.62. The SMILES string of the molecule is Nc1[nH]ncc1C(O)Cc1cc(F)cc(Br)c1. The van der Waals surface area contributed by atoms with Crippen LogP contribution in [0.4, 0.5) is 10.2 Å². The summed E-state index contributed by atoms with van der Waals surface area (Å²) in [6.45, 7) is 0. The zero-order valence-corrected chi connectivity index (χ0v) is 10.4. The molecule has 0 spiro atoms. The molecule has 0 aliphatic carbocycles. The highest BCUT2D eigenvalue weighted by molar-refractivity contribution is 9.10. The lowest BCUT2D eigenvalue weighted by molar-refractivity contribution is 0.179. The van der Waals surface area contributed by atoms with Crippen LogP contribution in [0.25, 0.3) is 0 Å². The van der Waals surface area contributed by atoms with Crippen LogP contribution in [-0.2, 0) is 6.42 Å². The fourth-order valence-corrected chi connectivity index (χ4v) is 2.15. The van der Waals surface area contributed by atoms with Crippen molar-refractivity contribution in [2.75, 3.05) is 5.73 Å². The highest BCUT2D eigenvalue weighted by atomic mass is 79.9. The quantitative estimate of drug-likeness (QED) is 0.813. The molecule has 0 radical (unpaired) electrons. The predicted octanol–water partition coefficient (Wildman–Crippen LogP) is 2.17. The zero-order chi connectivity index (χ0) is 12.4. The van der Waals surface area contributed by atoms with Crippen molar-refractivity contribution in [3.8, 4) is 0 Å². The fourth-order valence-electron chi connectivity index (χ4n) is 1.63. The minimum atomic E-state index is -0.803. The molecule has 1 heterocycles. The van der Waals surface area contributed by atoms with Crippen LogP contribution in [0.2, 0.25) is 0 Å². The van der Waals surface area contributed by atoms with E-state index in [-0.39, 0.29) is 12.2 Å². The largest absolute Gasteiger partial charge is 0.388 e. The third-order valence-electron chi connectivity index (χ3n) is 2.41. The van der Waals surface area contributed by atoms with Crippen LogP contribution < -0.4 is 5.73 Å². The number of H-pyrrole nitrogens is 1. The number of rotatable bonds is 3. The fraction of sp³-hybridized carbons (Fsp3) is 0.182. The normalized spacial score (nSPS) is 12.6. The number of aromatic nitrogens is 2. The van der Waals surface area contributed by atoms with E-state index in [0.29, 0.717) is 21.4 Å². The van der Waals surface area contributed by atoms with E-state index in [0.717, 1.165) is 0 Å². The van der Waals surface area contributed by atoms with Crippen molar-refractivity contribution in [3.05, 3.63) is 45.8 Å². The Morgan fingerprint density at radius 2 is 2.24 bits per heavy atom. The Hall–Kier alpha value is -1.40. The van der Waals surface area contributed by atoms with Crippen LogP contribution in [0.15, 0.2) is 28.9 Å². The van der Waals surface area contributed by atoms with E-state index < -0.39 is 6.10 Å². The highest BCUT2D eigenvalue weighted by Gasteiger charge is 2.14. The van der Waals surface area contributed by atoms with E-state index in [4.69, 9.17) is 5.73 Å². The number of aliphatic hydroxyl groups is 1. The summed E-state index contributed by atoms with van der Waals surface area (Å²) >= 11 is 3.20. The molecule has 2 aromatic rings. The van der Waals surface area contributed by atoms with Gasteiger partial charge < -0.3 is 10.8 Å². The molecule has 0 bridgehead atoms. The molecule has 17 heavy (non-hydrogen) atoms. The summed E-state index contributed by atoms with van der Waals surface area (Å²) < 4.78 is 13.8. The number of hydrogen-bond donors (Lipinski definition) is 3. The Bertz CT molecular complexity index is 509. The molecule has 1 unspecified atom stereocenters. The van der Waals surface area contributed by atoms with Crippen LogP contribution in [0, 0.1) is 5.82 Å². The van der Waals surface area contributed by atoms with Crippen LogP contribution in [-0.4, -0.2) is 15.3 Å². The number of nitrogens with two attached hydrogens (primary N) is 1. The van der Waals surface area contributed by atoms with E-state index in [1.54, 1.807) is 6.07 Å². The summed E-state index contributed by atoms with van der Waals surface area (Å²) in [6.07, 6.45) is 0.941. The number of nitrogen functional groups attached to an aromatic ring is 1. The van der Waals surface area contributed by atoms with Crippen molar-refractivity contribution in [1.29, 1.82) is 0 Å². The van der Waals surface area contributed by atoms with Gasteiger partial charge in [0.15, 0.2) is 0 Å². The smallest absolute Gasteiger partial charge is 0.124 e. The molecule has 6 heteroatoms. The third-order valence-corrected chi connectivity index (χ3v) is 2.87. The summed E-state index contributed by atoms with van der Waals surface area (Å²) in [5.74, 6) is -0.0188. The molecule has 2 rings (SSSR count). The minimum Gasteiger partial charge on any atom is -0.388 e. The molecule has 0 fully saturated rings. The van der Waals surface area contributed by atoms with E-state index in [1.165, 1.54) is 18.3 Å². The number of aromatic amines is 1. The van der Waals surface area contributed by atoms with E-state index in [1.807, 2.05) is 0 Å². The van der Waals surface area contributed by atoms with Gasteiger partial charge in [-0.2, -0.15) is 5.10 Å². The Labute approximate surface area is 106 Å². The number of nitrogens with zero attached hydrogens (tertiary/aromatic N) is 1. The molecule has 90 valence electrons. The minimum absolute atomic E-state index is 0.278. The van der Waals surface area contributed by atoms with Crippen molar-refractivity contribution in [1.82, 2.24) is 10.2 Å². The summed E-state index contributed by atoms with van der Waals surface area (Å²) in [4.78, 5) is 0. The molecule has 0 saturated heterocycles. The molecular formula is C11H11BrFN3O. The highest BCUT2D eigenvalue weighted by Crippen LogP contribution is 2.23. The van der Waals surface area contributed by atoms with E-state index >= 15 is 0 Å². The van der Waals surface area contributed by atoms with E-state index in [9.17, 15) is 9.50 Å². The second kappa shape index (κ2) is 4.85. The van der Waals surface area contributed by atoms with Gasteiger partial charge in [0.05, 0.1) is 12.3 Å². The van der Waals surface area contributed by atoms with E-state index in [2.05, 4.69) is 26.1 Å². The standard InChI is InChI=1S/C11H11BrFN3O/c12-7-1-6(2-8(13)4-7)3-10(17)9-5-15-16-11(9)14/h1-2,4-5,10,17H,3H2,(H3,14,15,16). The van der Waals surface area contributed by atoms with Crippen molar-refractivity contribution < 1.29 is 9.50 Å². The zero-order valence-electron chi connectivity index (χ0n) is 8.82. The summed E-state index contributed by atoms with van der Waals surface area (Å²) in [5, 5.41) is 16.2. The lowest BCUT2D eigenvalue weighted by Crippen LogP contribution is -2.04. The Morgan fingerprint density at radius 3 is 2.82 bits per heavy atom. The van der Waals surface area contributed by atoms with Crippen molar-refractivity contribution in [2.24, 2.45) is 0 Å². The maximum atomic E-state index is 13.1. The monoisotopic (exact) mass is 299 g/mol. The molecule has 0 aliphatic rings. The van der Waals surface area contributed by atoms with Crippen LogP contribution >= 0.6 is 15.9 Å². The molecule has 0 aliphatic heterocycles. The number of nitrogens with one attached hydrogen (secondary N) is 1. The lowest BCUT2D eigenvalue weighted by atomic mass is 10.0. The Kier molecular flexibility index (Phi) is 3.44. The van der Waals surface area contributed by atoms with Crippen LogP contribution in [0.5, 0.6) is 0 Å². The van der Waals surface area contributed by atoms with Gasteiger partial charge in [0.1, 0.15) is 11.6 Å². The van der Waals surface area contributed by atoms with Crippen molar-refractivity contribution in [3.63, 3.8) is 0 Å².